The van der Waals surface area contributed by atoms with E-state index in [-0.39, 0.29) is 11.5 Å². The minimum absolute atomic E-state index is 0.152. The van der Waals surface area contributed by atoms with Crippen molar-refractivity contribution >= 4 is 34.7 Å². The van der Waals surface area contributed by atoms with Crippen molar-refractivity contribution in [2.45, 2.75) is 0 Å². The molecule has 0 atom stereocenters. The molecule has 0 aromatic heterocycles. The Morgan fingerprint density at radius 3 is 2.60 bits per heavy atom. The van der Waals surface area contributed by atoms with Crippen molar-refractivity contribution in [3.05, 3.63) is 70.3 Å². The molecule has 5 heteroatoms. The summed E-state index contributed by atoms with van der Waals surface area (Å²) >= 11 is 11.6. The smallest absolute Gasteiger partial charge is 0.187 e. The molecule has 20 heavy (non-hydrogen) atoms. The van der Waals surface area contributed by atoms with Crippen molar-refractivity contribution in [1.29, 1.82) is 0 Å². The Hall–Kier alpha value is -1.97. The summed E-state index contributed by atoms with van der Waals surface area (Å²) in [6.07, 6.45) is 2.88. The van der Waals surface area contributed by atoms with Crippen LogP contribution in [0.2, 0.25) is 10.0 Å². The summed E-state index contributed by atoms with van der Waals surface area (Å²) < 4.78 is 0. The van der Waals surface area contributed by atoms with E-state index in [2.05, 4.69) is 5.32 Å². The molecule has 0 saturated heterocycles. The van der Waals surface area contributed by atoms with Gasteiger partial charge in [0.1, 0.15) is 5.75 Å². The van der Waals surface area contributed by atoms with Crippen LogP contribution >= 0.6 is 23.2 Å². The van der Waals surface area contributed by atoms with Crippen molar-refractivity contribution in [3.63, 3.8) is 0 Å². The van der Waals surface area contributed by atoms with Crippen LogP contribution < -0.4 is 5.32 Å². The molecule has 0 amide bonds. The highest BCUT2D eigenvalue weighted by Gasteiger charge is 2.04. The summed E-state index contributed by atoms with van der Waals surface area (Å²) in [4.78, 5) is 11.9. The lowest BCUT2D eigenvalue weighted by molar-refractivity contribution is 0.104. The van der Waals surface area contributed by atoms with Crippen LogP contribution in [0, 0.1) is 0 Å². The number of carbonyl (C=O) groups excluding carboxylic acids is 1. The molecule has 2 rings (SSSR count). The molecule has 0 saturated carbocycles. The first kappa shape index (κ1) is 14.4. The monoisotopic (exact) mass is 307 g/mol. The molecular weight excluding hydrogens is 297 g/mol. The van der Waals surface area contributed by atoms with E-state index in [4.69, 9.17) is 23.2 Å². The van der Waals surface area contributed by atoms with Gasteiger partial charge in [0, 0.05) is 29.6 Å². The second-order valence-electron chi connectivity index (χ2n) is 4.02. The first-order valence-electron chi connectivity index (χ1n) is 5.78. The van der Waals surface area contributed by atoms with E-state index in [0.29, 0.717) is 21.3 Å². The summed E-state index contributed by atoms with van der Waals surface area (Å²) in [5.74, 6) is -0.0459. The van der Waals surface area contributed by atoms with Crippen molar-refractivity contribution in [1.82, 2.24) is 0 Å². The fraction of sp³-hybridized carbons (Fsp3) is 0. The van der Waals surface area contributed by atoms with Gasteiger partial charge in [0.25, 0.3) is 0 Å². The zero-order chi connectivity index (χ0) is 14.5. The van der Waals surface area contributed by atoms with Gasteiger partial charge in [-0.25, -0.2) is 0 Å². The van der Waals surface area contributed by atoms with Crippen molar-refractivity contribution in [3.8, 4) is 5.75 Å². The van der Waals surface area contributed by atoms with E-state index >= 15 is 0 Å². The van der Waals surface area contributed by atoms with Crippen LogP contribution in [0.3, 0.4) is 0 Å². The Labute approximate surface area is 126 Å². The number of hydrogen-bond acceptors (Lipinski definition) is 3. The van der Waals surface area contributed by atoms with Gasteiger partial charge in [-0.1, -0.05) is 29.3 Å². The van der Waals surface area contributed by atoms with E-state index in [9.17, 15) is 9.90 Å². The van der Waals surface area contributed by atoms with Gasteiger partial charge in [0.2, 0.25) is 0 Å². The highest BCUT2D eigenvalue weighted by atomic mass is 35.5. The summed E-state index contributed by atoms with van der Waals surface area (Å²) in [5.41, 5.74) is 1.14. The number of allylic oxidation sites excluding steroid dienone is 1. The summed E-state index contributed by atoms with van der Waals surface area (Å²) in [7, 11) is 0. The van der Waals surface area contributed by atoms with Crippen LogP contribution in [0.5, 0.6) is 5.75 Å². The number of rotatable bonds is 4. The first-order valence-corrected chi connectivity index (χ1v) is 6.53. The molecule has 0 aliphatic carbocycles. The van der Waals surface area contributed by atoms with Gasteiger partial charge in [-0.2, -0.15) is 0 Å². The van der Waals surface area contributed by atoms with E-state index in [1.807, 2.05) is 0 Å². The van der Waals surface area contributed by atoms with E-state index in [1.54, 1.807) is 36.4 Å². The first-order chi connectivity index (χ1) is 9.56. The van der Waals surface area contributed by atoms with E-state index in [0.717, 1.165) is 0 Å². The van der Waals surface area contributed by atoms with Gasteiger partial charge in [-0.05, 0) is 30.3 Å². The quantitative estimate of drug-likeness (QED) is 0.645. The third-order valence-corrected chi connectivity index (χ3v) is 3.27. The number of phenolic OH excluding ortho intramolecular Hbond substituents is 1. The zero-order valence-corrected chi connectivity index (χ0v) is 11.8. The number of anilines is 1. The Kier molecular flexibility index (Phi) is 4.66. The molecule has 102 valence electrons. The van der Waals surface area contributed by atoms with Crippen LogP contribution in [-0.4, -0.2) is 10.9 Å². The topological polar surface area (TPSA) is 49.3 Å². The molecule has 3 nitrogen and oxygen atoms in total. The van der Waals surface area contributed by atoms with Crippen LogP contribution in [0.1, 0.15) is 10.4 Å². The van der Waals surface area contributed by atoms with Crippen molar-refractivity contribution in [2.75, 3.05) is 5.32 Å². The molecule has 0 fully saturated rings. The number of phenols is 1. The number of ketones is 1. The average Bonchev–Trinajstić information content (AvgIpc) is 2.42. The number of halogens is 2. The normalized spacial score (nSPS) is 10.7. The lowest BCUT2D eigenvalue weighted by Gasteiger charge is -2.01. The van der Waals surface area contributed by atoms with E-state index in [1.165, 1.54) is 18.3 Å². The average molecular weight is 308 g/mol. The van der Waals surface area contributed by atoms with Crippen LogP contribution in [0.15, 0.2) is 54.7 Å². The highest BCUT2D eigenvalue weighted by Crippen LogP contribution is 2.23. The molecule has 0 heterocycles. The minimum atomic E-state index is -0.198. The van der Waals surface area contributed by atoms with Crippen molar-refractivity contribution in [2.24, 2.45) is 0 Å². The molecule has 0 aliphatic heterocycles. The minimum Gasteiger partial charge on any atom is -0.508 e. The fourth-order valence-corrected chi connectivity index (χ4v) is 1.85. The Balaban J connectivity index is 2.04. The number of benzene rings is 2. The predicted molar refractivity (Wildman–Crippen MR) is 81.7 cm³/mol. The largest absolute Gasteiger partial charge is 0.508 e. The standard InChI is InChI=1S/C15H11Cl2NO2/c16-13-5-4-10(8-14(13)17)15(20)6-7-18-11-2-1-3-12(19)9-11/h1-9,18-19H/b7-6+. The third kappa shape index (κ3) is 3.76. The molecule has 0 unspecified atom stereocenters. The Morgan fingerprint density at radius 2 is 1.90 bits per heavy atom. The van der Waals surface area contributed by atoms with Crippen LogP contribution in [0.4, 0.5) is 5.69 Å². The van der Waals surface area contributed by atoms with Gasteiger partial charge >= 0.3 is 0 Å². The molecule has 2 aromatic rings. The highest BCUT2D eigenvalue weighted by molar-refractivity contribution is 6.42. The maximum absolute atomic E-state index is 11.9. The van der Waals surface area contributed by atoms with Gasteiger partial charge in [-0.3, -0.25) is 4.79 Å². The molecule has 2 aromatic carbocycles. The zero-order valence-electron chi connectivity index (χ0n) is 10.3. The van der Waals surface area contributed by atoms with Crippen LogP contribution in [-0.2, 0) is 0 Å². The van der Waals surface area contributed by atoms with Gasteiger partial charge in [-0.15, -0.1) is 0 Å². The Bertz CT molecular complexity index is 669. The number of hydrogen-bond donors (Lipinski definition) is 2. The predicted octanol–water partition coefficient (Wildman–Crippen LogP) is 4.51. The maximum atomic E-state index is 11.9. The van der Waals surface area contributed by atoms with Crippen LogP contribution in [0.25, 0.3) is 0 Å². The second-order valence-corrected chi connectivity index (χ2v) is 4.84. The maximum Gasteiger partial charge on any atom is 0.187 e. The number of nitrogens with one attached hydrogen (secondary N) is 1. The number of carbonyl (C=O) groups is 1. The molecule has 0 bridgehead atoms. The van der Waals surface area contributed by atoms with E-state index < -0.39 is 0 Å². The fourth-order valence-electron chi connectivity index (χ4n) is 1.55. The lowest BCUT2D eigenvalue weighted by Crippen LogP contribution is -1.96. The third-order valence-electron chi connectivity index (χ3n) is 2.53. The molecular formula is C15H11Cl2NO2. The summed E-state index contributed by atoms with van der Waals surface area (Å²) in [5, 5.41) is 12.9. The summed E-state index contributed by atoms with van der Waals surface area (Å²) in [6, 6.07) is 11.3. The van der Waals surface area contributed by atoms with Gasteiger partial charge in [0.05, 0.1) is 10.0 Å². The SMILES string of the molecule is O=C(/C=C/Nc1cccc(O)c1)c1ccc(Cl)c(Cl)c1. The van der Waals surface area contributed by atoms with Gasteiger partial charge in [0.15, 0.2) is 5.78 Å². The molecule has 0 spiro atoms. The second kappa shape index (κ2) is 6.46. The molecule has 2 N–H and O–H groups in total. The molecule has 0 radical (unpaired) electrons. The van der Waals surface area contributed by atoms with Crippen molar-refractivity contribution < 1.29 is 9.90 Å². The molecule has 0 aliphatic rings. The van der Waals surface area contributed by atoms with Gasteiger partial charge < -0.3 is 10.4 Å². The lowest BCUT2D eigenvalue weighted by atomic mass is 10.1. The number of aromatic hydroxyl groups is 1. The Morgan fingerprint density at radius 1 is 1.10 bits per heavy atom. The summed E-state index contributed by atoms with van der Waals surface area (Å²) in [6.45, 7) is 0.